The molecule has 0 bridgehead atoms. The predicted molar refractivity (Wildman–Crippen MR) is 96.2 cm³/mol. The fourth-order valence-electron chi connectivity index (χ4n) is 3.12. The van der Waals surface area contributed by atoms with Gasteiger partial charge in [-0.05, 0) is 25.1 Å². The molecule has 1 aliphatic rings. The summed E-state index contributed by atoms with van der Waals surface area (Å²) in [6.45, 7) is 2.64. The summed E-state index contributed by atoms with van der Waals surface area (Å²) >= 11 is 0. The van der Waals surface area contributed by atoms with Gasteiger partial charge in [-0.3, -0.25) is 9.78 Å². The Bertz CT molecular complexity index is 911. The Labute approximate surface area is 146 Å². The van der Waals surface area contributed by atoms with Gasteiger partial charge >= 0.3 is 0 Å². The summed E-state index contributed by atoms with van der Waals surface area (Å²) in [5.41, 5.74) is 2.69. The number of hydrogen-bond acceptors (Lipinski definition) is 4. The van der Waals surface area contributed by atoms with Crippen LogP contribution < -0.4 is 10.1 Å². The van der Waals surface area contributed by atoms with Crippen molar-refractivity contribution < 1.29 is 9.53 Å². The van der Waals surface area contributed by atoms with Crippen molar-refractivity contribution >= 4 is 16.8 Å². The van der Waals surface area contributed by atoms with Gasteiger partial charge in [0.25, 0.3) is 0 Å². The summed E-state index contributed by atoms with van der Waals surface area (Å²) in [6, 6.07) is 15.8. The molecule has 0 unspecified atom stereocenters. The van der Waals surface area contributed by atoms with Crippen LogP contribution in [0.4, 0.5) is 0 Å². The Morgan fingerprint density at radius 1 is 1.20 bits per heavy atom. The molecule has 5 nitrogen and oxygen atoms in total. The number of hydrogen-bond donors (Lipinski definition) is 1. The lowest BCUT2D eigenvalue weighted by Crippen LogP contribution is -2.26. The zero-order valence-corrected chi connectivity index (χ0v) is 14.0. The first kappa shape index (κ1) is 15.6. The molecule has 1 fully saturated rings. The van der Waals surface area contributed by atoms with E-state index in [-0.39, 0.29) is 17.9 Å². The first-order valence-corrected chi connectivity index (χ1v) is 8.45. The van der Waals surface area contributed by atoms with Crippen LogP contribution in [0, 0.1) is 5.92 Å². The molecule has 1 N–H and O–H groups in total. The lowest BCUT2D eigenvalue weighted by molar-refractivity contribution is -0.119. The second-order valence-corrected chi connectivity index (χ2v) is 6.34. The number of nitrogens with zero attached hydrogens (tertiary/aromatic N) is 2. The van der Waals surface area contributed by atoms with Crippen LogP contribution in [0.5, 0.6) is 5.88 Å². The van der Waals surface area contributed by atoms with E-state index in [1.54, 1.807) is 6.20 Å². The van der Waals surface area contributed by atoms with Crippen LogP contribution in [0.25, 0.3) is 22.2 Å². The second-order valence-electron chi connectivity index (χ2n) is 6.34. The molecule has 126 valence electrons. The van der Waals surface area contributed by atoms with Gasteiger partial charge in [-0.15, -0.1) is 0 Å². The molecule has 3 heterocycles. The van der Waals surface area contributed by atoms with E-state index < -0.39 is 0 Å². The van der Waals surface area contributed by atoms with E-state index in [2.05, 4.69) is 10.3 Å². The molecule has 4 rings (SSSR count). The maximum absolute atomic E-state index is 11.5. The van der Waals surface area contributed by atoms with E-state index >= 15 is 0 Å². The fraction of sp³-hybridized carbons (Fsp3) is 0.250. The third-order valence-corrected chi connectivity index (χ3v) is 4.60. The van der Waals surface area contributed by atoms with Crippen molar-refractivity contribution in [2.75, 3.05) is 6.54 Å². The number of carbonyl (C=O) groups is 1. The van der Waals surface area contributed by atoms with Crippen molar-refractivity contribution in [3.05, 3.63) is 54.7 Å². The van der Waals surface area contributed by atoms with Crippen LogP contribution in [-0.2, 0) is 4.79 Å². The minimum Gasteiger partial charge on any atom is -0.474 e. The minimum absolute atomic E-state index is 0.0815. The Balaban J connectivity index is 1.72. The molecule has 2 aromatic heterocycles. The maximum Gasteiger partial charge on any atom is 0.223 e. The van der Waals surface area contributed by atoms with Gasteiger partial charge in [0.2, 0.25) is 11.8 Å². The van der Waals surface area contributed by atoms with E-state index in [9.17, 15) is 4.79 Å². The monoisotopic (exact) mass is 333 g/mol. The van der Waals surface area contributed by atoms with E-state index in [1.807, 2.05) is 55.5 Å². The van der Waals surface area contributed by atoms with E-state index in [0.717, 1.165) is 22.2 Å². The number of nitrogens with one attached hydrogen (secondary N) is 1. The highest BCUT2D eigenvalue weighted by molar-refractivity contribution is 5.86. The summed E-state index contributed by atoms with van der Waals surface area (Å²) in [6.07, 6.45) is 2.15. The molecule has 1 aliphatic heterocycles. The van der Waals surface area contributed by atoms with Gasteiger partial charge in [0.15, 0.2) is 0 Å². The highest BCUT2D eigenvalue weighted by Crippen LogP contribution is 2.30. The molecule has 0 radical (unpaired) electrons. The SMILES string of the molecule is C[C@@H](Oc1nc(-c2ccccc2)cc2ncccc12)[C@H]1CNC(=O)C1. The van der Waals surface area contributed by atoms with Crippen molar-refractivity contribution in [2.24, 2.45) is 5.92 Å². The quantitative estimate of drug-likeness (QED) is 0.796. The lowest BCUT2D eigenvalue weighted by Gasteiger charge is -2.20. The van der Waals surface area contributed by atoms with E-state index in [4.69, 9.17) is 9.72 Å². The molecule has 5 heteroatoms. The number of ether oxygens (including phenoxy) is 1. The number of benzene rings is 1. The molecule has 0 saturated carbocycles. The Morgan fingerprint density at radius 3 is 2.80 bits per heavy atom. The van der Waals surface area contributed by atoms with Crippen LogP contribution in [0.15, 0.2) is 54.7 Å². The average Bonchev–Trinajstić information content (AvgIpc) is 3.09. The van der Waals surface area contributed by atoms with Gasteiger partial charge < -0.3 is 10.1 Å². The smallest absolute Gasteiger partial charge is 0.223 e. The van der Waals surface area contributed by atoms with E-state index in [0.29, 0.717) is 18.8 Å². The van der Waals surface area contributed by atoms with Gasteiger partial charge in [-0.1, -0.05) is 30.3 Å². The Hall–Kier alpha value is -2.95. The standard InChI is InChI=1S/C20H19N3O2/c1-13(15-10-19(24)22-12-15)25-20-16-8-5-9-21-18(16)11-17(23-20)14-6-3-2-4-7-14/h2-9,11,13,15H,10,12H2,1H3,(H,22,24)/t13-,15-/m1/s1. The minimum atomic E-state index is -0.110. The van der Waals surface area contributed by atoms with Crippen LogP contribution in [-0.4, -0.2) is 28.5 Å². The fourth-order valence-corrected chi connectivity index (χ4v) is 3.12. The summed E-state index contributed by atoms with van der Waals surface area (Å²) in [5, 5.41) is 3.74. The van der Waals surface area contributed by atoms with Crippen LogP contribution in [0.3, 0.4) is 0 Å². The third kappa shape index (κ3) is 3.18. The second kappa shape index (κ2) is 6.51. The number of fused-ring (bicyclic) bond motifs is 1. The Morgan fingerprint density at radius 2 is 2.04 bits per heavy atom. The topological polar surface area (TPSA) is 64.1 Å². The molecule has 0 spiro atoms. The van der Waals surface area contributed by atoms with Gasteiger partial charge in [-0.2, -0.15) is 0 Å². The summed E-state index contributed by atoms with van der Waals surface area (Å²) in [5.74, 6) is 0.802. The van der Waals surface area contributed by atoms with E-state index in [1.165, 1.54) is 0 Å². The number of aromatic nitrogens is 2. The van der Waals surface area contributed by atoms with Crippen molar-refractivity contribution in [1.82, 2.24) is 15.3 Å². The van der Waals surface area contributed by atoms with Gasteiger partial charge in [-0.25, -0.2) is 4.98 Å². The summed E-state index contributed by atoms with van der Waals surface area (Å²) in [4.78, 5) is 20.7. The number of amides is 1. The zero-order chi connectivity index (χ0) is 17.2. The molecule has 3 aromatic rings. The average molecular weight is 333 g/mol. The lowest BCUT2D eigenvalue weighted by atomic mass is 10.0. The molecule has 1 saturated heterocycles. The van der Waals surface area contributed by atoms with Crippen molar-refractivity contribution in [3.8, 4) is 17.1 Å². The van der Waals surface area contributed by atoms with Crippen molar-refractivity contribution in [3.63, 3.8) is 0 Å². The summed E-state index contributed by atoms with van der Waals surface area (Å²) in [7, 11) is 0. The first-order chi connectivity index (χ1) is 12.2. The van der Waals surface area contributed by atoms with Crippen LogP contribution in [0.2, 0.25) is 0 Å². The molecular formula is C20H19N3O2. The van der Waals surface area contributed by atoms with Crippen molar-refractivity contribution in [1.29, 1.82) is 0 Å². The molecule has 2 atom stereocenters. The maximum atomic E-state index is 11.5. The highest BCUT2D eigenvalue weighted by Gasteiger charge is 2.28. The molecule has 0 aliphatic carbocycles. The summed E-state index contributed by atoms with van der Waals surface area (Å²) < 4.78 is 6.18. The molecular weight excluding hydrogens is 314 g/mol. The normalized spacial score (nSPS) is 18.1. The van der Waals surface area contributed by atoms with Gasteiger partial charge in [0, 0.05) is 30.6 Å². The number of pyridine rings is 2. The first-order valence-electron chi connectivity index (χ1n) is 8.45. The Kier molecular flexibility index (Phi) is 4.06. The van der Waals surface area contributed by atoms with Crippen molar-refractivity contribution in [2.45, 2.75) is 19.4 Å². The number of carbonyl (C=O) groups excluding carboxylic acids is 1. The van der Waals surface area contributed by atoms with Gasteiger partial charge in [0.05, 0.1) is 16.6 Å². The van der Waals surface area contributed by atoms with Crippen LogP contribution in [0.1, 0.15) is 13.3 Å². The third-order valence-electron chi connectivity index (χ3n) is 4.60. The van der Waals surface area contributed by atoms with Gasteiger partial charge in [0.1, 0.15) is 6.10 Å². The molecule has 25 heavy (non-hydrogen) atoms. The largest absolute Gasteiger partial charge is 0.474 e. The highest BCUT2D eigenvalue weighted by atomic mass is 16.5. The van der Waals surface area contributed by atoms with Crippen LogP contribution >= 0.6 is 0 Å². The molecule has 1 aromatic carbocycles. The number of rotatable bonds is 4. The zero-order valence-electron chi connectivity index (χ0n) is 14.0. The predicted octanol–water partition coefficient (Wildman–Crippen LogP) is 3.20. The molecule has 1 amide bonds.